The van der Waals surface area contributed by atoms with E-state index in [-0.39, 0.29) is 35.5 Å². The first-order valence-corrected chi connectivity index (χ1v) is 10.4. The Kier molecular flexibility index (Phi) is 5.51. The minimum Gasteiger partial charge on any atom is -0.348 e. The molecule has 0 bridgehead atoms. The van der Waals surface area contributed by atoms with E-state index in [2.05, 4.69) is 24.9 Å². The molecule has 5 rings (SSSR count). The quantitative estimate of drug-likeness (QED) is 0.351. The zero-order chi connectivity index (χ0) is 23.7. The fourth-order valence-corrected chi connectivity index (χ4v) is 3.75. The van der Waals surface area contributed by atoms with Crippen LogP contribution in [0.25, 0.3) is 22.2 Å². The van der Waals surface area contributed by atoms with Crippen LogP contribution in [0.1, 0.15) is 32.4 Å². The highest BCUT2D eigenvalue weighted by atomic mass is 19.1. The molecule has 5 aromatic rings. The molecule has 0 radical (unpaired) electrons. The van der Waals surface area contributed by atoms with Crippen molar-refractivity contribution in [3.05, 3.63) is 102 Å². The number of nitrogens with zero attached hydrogens (tertiary/aromatic N) is 3. The SMILES string of the molecule is O=C(Cc1nc2c(C(=O)Cc3ncc[nH]3)cccc2[nH]1)c1cncc(-c2ccc(F)cc2F)c1. The maximum absolute atomic E-state index is 14.2. The van der Waals surface area contributed by atoms with Crippen LogP contribution >= 0.6 is 0 Å². The number of imidazole rings is 2. The van der Waals surface area contributed by atoms with E-state index in [1.165, 1.54) is 24.5 Å². The van der Waals surface area contributed by atoms with Gasteiger partial charge in [0.25, 0.3) is 0 Å². The van der Waals surface area contributed by atoms with Crippen LogP contribution in [0.3, 0.4) is 0 Å². The van der Waals surface area contributed by atoms with Gasteiger partial charge in [-0.1, -0.05) is 6.07 Å². The largest absolute Gasteiger partial charge is 0.348 e. The number of carbonyl (C=O) groups excluding carboxylic acids is 2. The summed E-state index contributed by atoms with van der Waals surface area (Å²) in [6.45, 7) is 0. The first-order valence-electron chi connectivity index (χ1n) is 10.4. The highest BCUT2D eigenvalue weighted by Gasteiger charge is 2.18. The number of aromatic nitrogens is 5. The number of carbonyl (C=O) groups is 2. The molecule has 34 heavy (non-hydrogen) atoms. The molecular weight excluding hydrogens is 440 g/mol. The van der Waals surface area contributed by atoms with Crippen molar-refractivity contribution in [2.45, 2.75) is 12.8 Å². The molecule has 168 valence electrons. The van der Waals surface area contributed by atoms with Crippen LogP contribution in [0.5, 0.6) is 0 Å². The van der Waals surface area contributed by atoms with Crippen molar-refractivity contribution in [2.75, 3.05) is 0 Å². The minimum absolute atomic E-state index is 0.0719. The molecule has 0 amide bonds. The molecule has 0 unspecified atom stereocenters. The Hall–Kier alpha value is -4.53. The van der Waals surface area contributed by atoms with Crippen molar-refractivity contribution < 1.29 is 18.4 Å². The summed E-state index contributed by atoms with van der Waals surface area (Å²) in [5, 5.41) is 0. The Bertz CT molecular complexity index is 1530. The average Bonchev–Trinajstić information content (AvgIpc) is 3.48. The number of aromatic amines is 2. The predicted molar refractivity (Wildman–Crippen MR) is 120 cm³/mol. The fraction of sp³-hybridized carbons (Fsp3) is 0.0800. The highest BCUT2D eigenvalue weighted by molar-refractivity contribution is 6.07. The van der Waals surface area contributed by atoms with Crippen LogP contribution in [0.4, 0.5) is 8.78 Å². The highest BCUT2D eigenvalue weighted by Crippen LogP contribution is 2.24. The fourth-order valence-electron chi connectivity index (χ4n) is 3.75. The van der Waals surface area contributed by atoms with Crippen LogP contribution in [0, 0.1) is 11.6 Å². The topological polar surface area (TPSA) is 104 Å². The molecule has 0 saturated heterocycles. The molecule has 0 atom stereocenters. The van der Waals surface area contributed by atoms with Gasteiger partial charge in [0.2, 0.25) is 0 Å². The molecule has 0 fully saturated rings. The third-order valence-electron chi connectivity index (χ3n) is 5.38. The van der Waals surface area contributed by atoms with E-state index in [1.807, 2.05) is 0 Å². The molecule has 9 heteroatoms. The maximum Gasteiger partial charge on any atom is 0.172 e. The number of benzene rings is 2. The lowest BCUT2D eigenvalue weighted by atomic mass is 10.0. The number of hydrogen-bond acceptors (Lipinski definition) is 5. The van der Waals surface area contributed by atoms with Crippen molar-refractivity contribution in [1.29, 1.82) is 0 Å². The summed E-state index contributed by atoms with van der Waals surface area (Å²) in [7, 11) is 0. The number of hydrogen-bond donors (Lipinski definition) is 2. The molecule has 0 aliphatic carbocycles. The van der Waals surface area contributed by atoms with Gasteiger partial charge in [-0.3, -0.25) is 14.6 Å². The van der Waals surface area contributed by atoms with E-state index in [9.17, 15) is 18.4 Å². The van der Waals surface area contributed by atoms with Gasteiger partial charge in [0.05, 0.1) is 23.9 Å². The average molecular weight is 457 g/mol. The number of nitrogens with one attached hydrogen (secondary N) is 2. The molecule has 0 aliphatic rings. The Balaban J connectivity index is 1.39. The van der Waals surface area contributed by atoms with E-state index in [4.69, 9.17) is 0 Å². The van der Waals surface area contributed by atoms with Crippen molar-refractivity contribution in [3.8, 4) is 11.1 Å². The second kappa shape index (κ2) is 8.78. The molecule has 3 heterocycles. The summed E-state index contributed by atoms with van der Waals surface area (Å²) in [6, 6.07) is 9.94. The smallest absolute Gasteiger partial charge is 0.172 e. The van der Waals surface area contributed by atoms with Gasteiger partial charge < -0.3 is 9.97 Å². The molecule has 0 aliphatic heterocycles. The summed E-state index contributed by atoms with van der Waals surface area (Å²) in [5.41, 5.74) is 2.30. The third kappa shape index (κ3) is 4.23. The number of Topliss-reactive ketones (excluding diaryl/α,β-unsaturated/α-hetero) is 2. The number of H-pyrrole nitrogens is 2. The summed E-state index contributed by atoms with van der Waals surface area (Å²) in [4.78, 5) is 44.3. The van der Waals surface area contributed by atoms with E-state index >= 15 is 0 Å². The van der Waals surface area contributed by atoms with E-state index < -0.39 is 11.6 Å². The second-order valence-corrected chi connectivity index (χ2v) is 7.71. The second-order valence-electron chi connectivity index (χ2n) is 7.71. The van der Waals surface area contributed by atoms with E-state index in [1.54, 1.807) is 30.6 Å². The lowest BCUT2D eigenvalue weighted by Gasteiger charge is -2.05. The minimum atomic E-state index is -0.740. The molecule has 2 N–H and O–H groups in total. The van der Waals surface area contributed by atoms with Gasteiger partial charge >= 0.3 is 0 Å². The Morgan fingerprint density at radius 1 is 0.941 bits per heavy atom. The lowest BCUT2D eigenvalue weighted by Crippen LogP contribution is -2.07. The predicted octanol–water partition coefficient (Wildman–Crippen LogP) is 4.48. The normalized spacial score (nSPS) is 11.1. The first kappa shape index (κ1) is 21.3. The van der Waals surface area contributed by atoms with Gasteiger partial charge in [0.15, 0.2) is 11.6 Å². The Morgan fingerprint density at radius 3 is 2.59 bits per heavy atom. The van der Waals surface area contributed by atoms with Gasteiger partial charge in [0, 0.05) is 53.1 Å². The summed E-state index contributed by atoms with van der Waals surface area (Å²) in [6.07, 6.45) is 6.05. The number of pyridine rings is 1. The van der Waals surface area contributed by atoms with Crippen molar-refractivity contribution in [1.82, 2.24) is 24.9 Å². The van der Waals surface area contributed by atoms with Gasteiger partial charge in [-0.05, 0) is 30.3 Å². The third-order valence-corrected chi connectivity index (χ3v) is 5.38. The number of para-hydroxylation sites is 1. The summed E-state index contributed by atoms with van der Waals surface area (Å²) in [5.74, 6) is -0.930. The van der Waals surface area contributed by atoms with Crippen LogP contribution in [0.15, 0.2) is 67.3 Å². The van der Waals surface area contributed by atoms with Crippen molar-refractivity contribution >= 4 is 22.6 Å². The first-order chi connectivity index (χ1) is 16.5. The number of rotatable bonds is 7. The molecule has 7 nitrogen and oxygen atoms in total. The molecule has 0 spiro atoms. The maximum atomic E-state index is 14.2. The van der Waals surface area contributed by atoms with Crippen LogP contribution < -0.4 is 0 Å². The monoisotopic (exact) mass is 457 g/mol. The summed E-state index contributed by atoms with van der Waals surface area (Å²) >= 11 is 0. The van der Waals surface area contributed by atoms with Gasteiger partial charge in [-0.15, -0.1) is 0 Å². The molecular formula is C25H17F2N5O2. The van der Waals surface area contributed by atoms with Crippen molar-refractivity contribution in [3.63, 3.8) is 0 Å². The van der Waals surface area contributed by atoms with E-state index in [0.29, 0.717) is 33.8 Å². The zero-order valence-electron chi connectivity index (χ0n) is 17.7. The molecule has 3 aromatic heterocycles. The molecule has 2 aromatic carbocycles. The Morgan fingerprint density at radius 2 is 1.79 bits per heavy atom. The number of ketones is 2. The van der Waals surface area contributed by atoms with Gasteiger partial charge in [0.1, 0.15) is 23.3 Å². The lowest BCUT2D eigenvalue weighted by molar-refractivity contribution is 0.0984. The standard InChI is InChI=1S/C25H17F2N5O2/c26-16-4-5-17(19(27)9-16)14-8-15(13-28-12-14)21(33)10-24-31-20-3-1-2-18(25(20)32-24)22(34)11-23-29-6-7-30-23/h1-9,12-13H,10-11H2,(H,29,30)(H,31,32). The van der Waals surface area contributed by atoms with Crippen LogP contribution in [0.2, 0.25) is 0 Å². The number of halogens is 2. The van der Waals surface area contributed by atoms with Crippen LogP contribution in [-0.2, 0) is 12.8 Å². The summed E-state index contributed by atoms with van der Waals surface area (Å²) < 4.78 is 27.4. The van der Waals surface area contributed by atoms with Gasteiger partial charge in [-0.2, -0.15) is 0 Å². The molecule has 0 saturated carbocycles. The van der Waals surface area contributed by atoms with E-state index in [0.717, 1.165) is 12.1 Å². The Labute approximate surface area is 191 Å². The zero-order valence-corrected chi connectivity index (χ0v) is 17.7. The van der Waals surface area contributed by atoms with Crippen molar-refractivity contribution in [2.24, 2.45) is 0 Å². The number of fused-ring (bicyclic) bond motifs is 1. The van der Waals surface area contributed by atoms with Crippen LogP contribution in [-0.4, -0.2) is 36.5 Å². The van der Waals surface area contributed by atoms with Gasteiger partial charge in [-0.25, -0.2) is 18.7 Å².